The lowest BCUT2D eigenvalue weighted by Gasteiger charge is -2.31. The molecule has 0 N–H and O–H groups in total. The average molecular weight is 367 g/mol. The summed E-state index contributed by atoms with van der Waals surface area (Å²) in [5.74, 6) is 2.17. The Hall–Kier alpha value is -2.43. The van der Waals surface area contributed by atoms with Gasteiger partial charge in [-0.25, -0.2) is 9.97 Å². The van der Waals surface area contributed by atoms with Crippen LogP contribution in [-0.2, 0) is 6.54 Å². The zero-order chi connectivity index (χ0) is 19.4. The van der Waals surface area contributed by atoms with Crippen LogP contribution in [0.15, 0.2) is 36.4 Å². The van der Waals surface area contributed by atoms with Crippen molar-refractivity contribution in [2.45, 2.75) is 53.1 Å². The van der Waals surface area contributed by atoms with Gasteiger partial charge in [0.2, 0.25) is 0 Å². The molecule has 0 bridgehead atoms. The standard InChI is InChI=1S/C22H30N4O/c1-16(2)26(15-19-8-6-5-7-9-19)21-14-20(23-18(4)24-21)22(27)25-12-10-17(3)11-13-25/h5-9,14,16-17H,10-13,15H2,1-4H3. The molecule has 0 radical (unpaired) electrons. The Morgan fingerprint density at radius 1 is 1.19 bits per heavy atom. The highest BCUT2D eigenvalue weighted by atomic mass is 16.2. The van der Waals surface area contributed by atoms with Gasteiger partial charge in [-0.2, -0.15) is 0 Å². The molecule has 1 aliphatic rings. The van der Waals surface area contributed by atoms with Crippen LogP contribution >= 0.6 is 0 Å². The van der Waals surface area contributed by atoms with Crippen LogP contribution in [0.2, 0.25) is 0 Å². The molecular weight excluding hydrogens is 336 g/mol. The number of amides is 1. The molecule has 1 aromatic carbocycles. The van der Waals surface area contributed by atoms with E-state index in [1.165, 1.54) is 5.56 Å². The van der Waals surface area contributed by atoms with Crippen molar-refractivity contribution < 1.29 is 4.79 Å². The summed E-state index contributed by atoms with van der Waals surface area (Å²) in [6.45, 7) is 10.8. The number of hydrogen-bond acceptors (Lipinski definition) is 4. The van der Waals surface area contributed by atoms with E-state index < -0.39 is 0 Å². The van der Waals surface area contributed by atoms with E-state index in [9.17, 15) is 4.79 Å². The van der Waals surface area contributed by atoms with Crippen molar-refractivity contribution in [2.75, 3.05) is 18.0 Å². The lowest BCUT2D eigenvalue weighted by molar-refractivity contribution is 0.0691. The molecule has 2 heterocycles. The molecule has 0 spiro atoms. The van der Waals surface area contributed by atoms with E-state index in [1.54, 1.807) is 0 Å². The molecule has 144 valence electrons. The van der Waals surface area contributed by atoms with Gasteiger partial charge in [0, 0.05) is 31.7 Å². The van der Waals surface area contributed by atoms with Crippen LogP contribution in [0.3, 0.4) is 0 Å². The van der Waals surface area contributed by atoms with Crippen molar-refractivity contribution in [2.24, 2.45) is 5.92 Å². The number of benzene rings is 1. The summed E-state index contributed by atoms with van der Waals surface area (Å²) in [7, 11) is 0. The molecule has 0 atom stereocenters. The summed E-state index contributed by atoms with van der Waals surface area (Å²) in [6.07, 6.45) is 2.13. The van der Waals surface area contributed by atoms with Crippen LogP contribution in [0.25, 0.3) is 0 Å². The Bertz CT molecular complexity index is 767. The molecule has 0 aliphatic carbocycles. The fourth-order valence-corrected chi connectivity index (χ4v) is 3.49. The molecule has 1 amide bonds. The first-order valence-corrected chi connectivity index (χ1v) is 9.89. The summed E-state index contributed by atoms with van der Waals surface area (Å²) >= 11 is 0. The van der Waals surface area contributed by atoms with Gasteiger partial charge in [0.15, 0.2) is 0 Å². The first-order valence-electron chi connectivity index (χ1n) is 9.89. The molecule has 0 unspecified atom stereocenters. The van der Waals surface area contributed by atoms with E-state index in [-0.39, 0.29) is 11.9 Å². The number of anilines is 1. The Kier molecular flexibility index (Phi) is 6.09. The smallest absolute Gasteiger partial charge is 0.272 e. The maximum Gasteiger partial charge on any atom is 0.272 e. The minimum Gasteiger partial charge on any atom is -0.350 e. The van der Waals surface area contributed by atoms with Gasteiger partial charge in [-0.1, -0.05) is 37.3 Å². The van der Waals surface area contributed by atoms with Gasteiger partial charge in [-0.05, 0) is 45.1 Å². The zero-order valence-electron chi connectivity index (χ0n) is 16.9. The number of nitrogens with zero attached hydrogens (tertiary/aromatic N) is 4. The number of carbonyl (C=O) groups is 1. The third-order valence-corrected chi connectivity index (χ3v) is 5.23. The van der Waals surface area contributed by atoms with Gasteiger partial charge in [0.05, 0.1) is 0 Å². The van der Waals surface area contributed by atoms with Crippen molar-refractivity contribution in [1.29, 1.82) is 0 Å². The highest BCUT2D eigenvalue weighted by Gasteiger charge is 2.24. The third-order valence-electron chi connectivity index (χ3n) is 5.23. The number of piperidine rings is 1. The van der Waals surface area contributed by atoms with Crippen LogP contribution in [-0.4, -0.2) is 39.9 Å². The van der Waals surface area contributed by atoms with Crippen LogP contribution in [0.1, 0.15) is 55.5 Å². The normalized spacial score (nSPS) is 15.2. The second kappa shape index (κ2) is 8.51. The van der Waals surface area contributed by atoms with Crippen LogP contribution < -0.4 is 4.90 Å². The van der Waals surface area contributed by atoms with Crippen molar-refractivity contribution in [3.8, 4) is 0 Å². The number of carbonyl (C=O) groups excluding carboxylic acids is 1. The maximum absolute atomic E-state index is 13.0. The van der Waals surface area contributed by atoms with Crippen LogP contribution in [0.5, 0.6) is 0 Å². The van der Waals surface area contributed by atoms with E-state index in [2.05, 4.69) is 47.8 Å². The van der Waals surface area contributed by atoms with Crippen molar-refractivity contribution in [3.05, 3.63) is 53.5 Å². The Morgan fingerprint density at radius 3 is 2.48 bits per heavy atom. The van der Waals surface area contributed by atoms with Crippen molar-refractivity contribution in [3.63, 3.8) is 0 Å². The summed E-state index contributed by atoms with van der Waals surface area (Å²) in [5.41, 5.74) is 1.73. The minimum atomic E-state index is 0.0251. The second-order valence-corrected chi connectivity index (χ2v) is 7.84. The lowest BCUT2D eigenvalue weighted by atomic mass is 9.99. The summed E-state index contributed by atoms with van der Waals surface area (Å²) in [5, 5.41) is 0. The lowest BCUT2D eigenvalue weighted by Crippen LogP contribution is -2.38. The van der Waals surface area contributed by atoms with Gasteiger partial charge in [-0.15, -0.1) is 0 Å². The van der Waals surface area contributed by atoms with E-state index in [4.69, 9.17) is 0 Å². The number of hydrogen-bond donors (Lipinski definition) is 0. The van der Waals surface area contributed by atoms with Crippen LogP contribution in [0.4, 0.5) is 5.82 Å². The SMILES string of the molecule is Cc1nc(C(=O)N2CCC(C)CC2)cc(N(Cc2ccccc2)C(C)C)n1. The largest absolute Gasteiger partial charge is 0.350 e. The van der Waals surface area contributed by atoms with Crippen LogP contribution in [0, 0.1) is 12.8 Å². The first kappa shape index (κ1) is 19.3. The fraction of sp³-hybridized carbons (Fsp3) is 0.500. The minimum absolute atomic E-state index is 0.0251. The van der Waals surface area contributed by atoms with E-state index in [0.29, 0.717) is 17.4 Å². The Balaban J connectivity index is 1.85. The maximum atomic E-state index is 13.0. The number of aromatic nitrogens is 2. The van der Waals surface area contributed by atoms with E-state index in [1.807, 2.05) is 36.1 Å². The van der Waals surface area contributed by atoms with E-state index >= 15 is 0 Å². The molecule has 1 saturated heterocycles. The molecule has 5 heteroatoms. The average Bonchev–Trinajstić information content (AvgIpc) is 2.66. The predicted octanol–water partition coefficient (Wildman–Crippen LogP) is 4.07. The fourth-order valence-electron chi connectivity index (χ4n) is 3.49. The Labute approximate surface area is 162 Å². The molecule has 1 fully saturated rings. The third kappa shape index (κ3) is 4.85. The van der Waals surface area contributed by atoms with Gasteiger partial charge >= 0.3 is 0 Å². The predicted molar refractivity (Wildman–Crippen MR) is 109 cm³/mol. The zero-order valence-corrected chi connectivity index (χ0v) is 16.9. The number of rotatable bonds is 5. The Morgan fingerprint density at radius 2 is 1.85 bits per heavy atom. The van der Waals surface area contributed by atoms with E-state index in [0.717, 1.165) is 38.3 Å². The molecule has 27 heavy (non-hydrogen) atoms. The monoisotopic (exact) mass is 366 g/mol. The highest BCUT2D eigenvalue weighted by molar-refractivity contribution is 5.93. The number of aryl methyl sites for hydroxylation is 1. The summed E-state index contributed by atoms with van der Waals surface area (Å²) in [6, 6.07) is 12.5. The van der Waals surface area contributed by atoms with Gasteiger partial charge in [0.25, 0.3) is 5.91 Å². The van der Waals surface area contributed by atoms with Gasteiger partial charge in [-0.3, -0.25) is 4.79 Å². The summed E-state index contributed by atoms with van der Waals surface area (Å²) in [4.78, 5) is 26.2. The molecular formula is C22H30N4O. The molecule has 1 aromatic heterocycles. The molecule has 5 nitrogen and oxygen atoms in total. The topological polar surface area (TPSA) is 49.3 Å². The molecule has 3 rings (SSSR count). The number of likely N-dealkylation sites (tertiary alicyclic amines) is 1. The van der Waals surface area contributed by atoms with Gasteiger partial charge in [0.1, 0.15) is 17.3 Å². The van der Waals surface area contributed by atoms with Gasteiger partial charge < -0.3 is 9.80 Å². The highest BCUT2D eigenvalue weighted by Crippen LogP contribution is 2.22. The summed E-state index contributed by atoms with van der Waals surface area (Å²) < 4.78 is 0. The van der Waals surface area contributed by atoms with Crippen molar-refractivity contribution >= 4 is 11.7 Å². The molecule has 1 aliphatic heterocycles. The molecule has 0 saturated carbocycles. The molecule has 2 aromatic rings. The first-order chi connectivity index (χ1) is 12.9. The second-order valence-electron chi connectivity index (χ2n) is 7.84. The quantitative estimate of drug-likeness (QED) is 0.800. The van der Waals surface area contributed by atoms with Crippen molar-refractivity contribution in [1.82, 2.24) is 14.9 Å².